The number of halogens is 2. The second-order valence-corrected chi connectivity index (χ2v) is 9.49. The van der Waals surface area contributed by atoms with E-state index in [0.29, 0.717) is 29.1 Å². The summed E-state index contributed by atoms with van der Waals surface area (Å²) in [5.41, 5.74) is 1.33. The average molecular weight is 429 g/mol. The first-order chi connectivity index (χ1) is 14.1. The molecule has 1 saturated carbocycles. The Balaban J connectivity index is 1.81. The fourth-order valence-electron chi connectivity index (χ4n) is 5.05. The van der Waals surface area contributed by atoms with E-state index >= 15 is 0 Å². The number of benzene rings is 2. The molecule has 2 atom stereocenters. The lowest BCUT2D eigenvalue weighted by Crippen LogP contribution is -2.43. The highest BCUT2D eigenvalue weighted by Crippen LogP contribution is 2.64. The van der Waals surface area contributed by atoms with Crippen LogP contribution >= 0.6 is 11.6 Å². The molecule has 3 nitrogen and oxygen atoms in total. The van der Waals surface area contributed by atoms with Gasteiger partial charge in [-0.3, -0.25) is 4.79 Å². The van der Waals surface area contributed by atoms with Crippen LogP contribution in [0.25, 0.3) is 5.57 Å². The number of fused-ring (bicyclic) bond motifs is 2. The molecule has 158 valence electrons. The van der Waals surface area contributed by atoms with Crippen molar-refractivity contribution in [2.75, 3.05) is 0 Å². The first-order valence-corrected chi connectivity index (χ1v) is 10.7. The Bertz CT molecular complexity index is 1070. The molecule has 0 radical (unpaired) electrons. The van der Waals surface area contributed by atoms with Crippen molar-refractivity contribution in [1.29, 1.82) is 0 Å². The van der Waals surface area contributed by atoms with Crippen LogP contribution in [0.1, 0.15) is 51.7 Å². The minimum absolute atomic E-state index is 0.00291. The maximum absolute atomic E-state index is 13.8. The van der Waals surface area contributed by atoms with E-state index in [4.69, 9.17) is 16.3 Å². The molecule has 5 heteroatoms. The standard InChI is InChI=1S/C25H26ClFO3/c1-5-14-6-7-15(30-16-8-9-19(26)20(27)13-16)12-17(14)21-22(28)18-10-11-25(4,23(21)29)24(18,2)3/h6-9,12-13,18,29H,5,10-11H2,1-4H3/t18-,25?/m0/s1. The summed E-state index contributed by atoms with van der Waals surface area (Å²) in [5.74, 6) is 0.280. The Kier molecular flexibility index (Phi) is 4.97. The van der Waals surface area contributed by atoms with Gasteiger partial charge in [-0.2, -0.15) is 0 Å². The van der Waals surface area contributed by atoms with Crippen molar-refractivity contribution in [2.45, 2.75) is 47.0 Å². The smallest absolute Gasteiger partial charge is 0.170 e. The SMILES string of the molecule is CCc1ccc(Oc2ccc(Cl)c(F)c2)cc1C1=C(O)C2(C)CC[C@@H](C1=O)C2(C)C. The molecule has 4 rings (SSSR count). The number of ketones is 1. The highest BCUT2D eigenvalue weighted by molar-refractivity contribution is 6.30. The summed E-state index contributed by atoms with van der Waals surface area (Å²) in [5, 5.41) is 11.3. The van der Waals surface area contributed by atoms with Crippen LogP contribution in [0.5, 0.6) is 11.5 Å². The number of ether oxygens (including phenoxy) is 1. The molecule has 1 unspecified atom stereocenters. The number of Topliss-reactive ketones (excluding diaryl/α,β-unsaturated/α-hetero) is 1. The predicted molar refractivity (Wildman–Crippen MR) is 116 cm³/mol. The maximum atomic E-state index is 13.8. The van der Waals surface area contributed by atoms with Crippen molar-refractivity contribution in [3.8, 4) is 11.5 Å². The highest BCUT2D eigenvalue weighted by Gasteiger charge is 2.61. The van der Waals surface area contributed by atoms with E-state index in [1.807, 2.05) is 13.0 Å². The van der Waals surface area contributed by atoms with Crippen LogP contribution in [0.2, 0.25) is 5.02 Å². The zero-order chi connectivity index (χ0) is 21.8. The molecule has 2 bridgehead atoms. The number of allylic oxidation sites excluding steroid dienone is 2. The van der Waals surface area contributed by atoms with E-state index in [9.17, 15) is 14.3 Å². The van der Waals surface area contributed by atoms with Gasteiger partial charge in [0.1, 0.15) is 23.1 Å². The topological polar surface area (TPSA) is 46.5 Å². The fourth-order valence-corrected chi connectivity index (χ4v) is 5.16. The lowest BCUT2D eigenvalue weighted by atomic mass is 9.58. The van der Waals surface area contributed by atoms with E-state index in [1.54, 1.807) is 18.2 Å². The van der Waals surface area contributed by atoms with Gasteiger partial charge in [-0.05, 0) is 60.1 Å². The van der Waals surface area contributed by atoms with E-state index in [0.717, 1.165) is 18.4 Å². The Morgan fingerprint density at radius 2 is 1.83 bits per heavy atom. The molecule has 0 aromatic heterocycles. The molecule has 0 amide bonds. The number of aliphatic hydroxyl groups excluding tert-OH is 1. The van der Waals surface area contributed by atoms with Gasteiger partial charge in [-0.15, -0.1) is 0 Å². The van der Waals surface area contributed by atoms with Crippen molar-refractivity contribution in [3.63, 3.8) is 0 Å². The summed E-state index contributed by atoms with van der Waals surface area (Å²) in [6.45, 7) is 8.21. The van der Waals surface area contributed by atoms with Gasteiger partial charge in [0.25, 0.3) is 0 Å². The maximum Gasteiger partial charge on any atom is 0.170 e. The van der Waals surface area contributed by atoms with E-state index in [2.05, 4.69) is 20.8 Å². The third kappa shape index (κ3) is 2.96. The minimum Gasteiger partial charge on any atom is -0.511 e. The Labute approximate surface area is 181 Å². The van der Waals surface area contributed by atoms with E-state index < -0.39 is 11.2 Å². The summed E-state index contributed by atoms with van der Waals surface area (Å²) < 4.78 is 19.6. The second kappa shape index (κ2) is 7.12. The van der Waals surface area contributed by atoms with Gasteiger partial charge in [0.2, 0.25) is 0 Å². The van der Waals surface area contributed by atoms with E-state index in [1.165, 1.54) is 12.1 Å². The van der Waals surface area contributed by atoms with Crippen LogP contribution in [-0.2, 0) is 11.2 Å². The monoisotopic (exact) mass is 428 g/mol. The van der Waals surface area contributed by atoms with Gasteiger partial charge in [0.05, 0.1) is 10.6 Å². The van der Waals surface area contributed by atoms with Crippen molar-refractivity contribution >= 4 is 23.0 Å². The summed E-state index contributed by atoms with van der Waals surface area (Å²) in [6.07, 6.45) is 2.27. The number of aliphatic hydroxyl groups is 1. The van der Waals surface area contributed by atoms with Crippen LogP contribution in [0.15, 0.2) is 42.2 Å². The first-order valence-electron chi connectivity index (χ1n) is 10.3. The summed E-state index contributed by atoms with van der Waals surface area (Å²) in [6, 6.07) is 9.71. The third-order valence-corrected chi connectivity index (χ3v) is 7.71. The van der Waals surface area contributed by atoms with E-state index in [-0.39, 0.29) is 27.9 Å². The molecule has 0 aliphatic heterocycles. The Morgan fingerprint density at radius 3 is 2.50 bits per heavy atom. The number of rotatable bonds is 4. The van der Waals surface area contributed by atoms with Gasteiger partial charge >= 0.3 is 0 Å². The van der Waals surface area contributed by atoms with Gasteiger partial charge < -0.3 is 9.84 Å². The van der Waals surface area contributed by atoms with Gasteiger partial charge in [0, 0.05) is 17.4 Å². The van der Waals surface area contributed by atoms with Crippen LogP contribution in [0, 0.1) is 22.6 Å². The summed E-state index contributed by atoms with van der Waals surface area (Å²) >= 11 is 5.75. The second-order valence-electron chi connectivity index (χ2n) is 9.08. The third-order valence-electron chi connectivity index (χ3n) is 7.41. The minimum atomic E-state index is -0.561. The first kappa shape index (κ1) is 20.9. The summed E-state index contributed by atoms with van der Waals surface area (Å²) in [4.78, 5) is 13.4. The van der Waals surface area contributed by atoms with Gasteiger partial charge in [-0.25, -0.2) is 4.39 Å². The molecule has 0 spiro atoms. The van der Waals surface area contributed by atoms with Crippen molar-refractivity contribution in [1.82, 2.24) is 0 Å². The highest BCUT2D eigenvalue weighted by atomic mass is 35.5. The molecule has 2 aromatic carbocycles. The molecule has 2 aliphatic carbocycles. The predicted octanol–water partition coefficient (Wildman–Crippen LogP) is 7.13. The lowest BCUT2D eigenvalue weighted by molar-refractivity contribution is -0.122. The molecule has 1 N–H and O–H groups in total. The molecule has 1 fully saturated rings. The lowest BCUT2D eigenvalue weighted by Gasteiger charge is -2.45. The number of hydrogen-bond acceptors (Lipinski definition) is 3. The van der Waals surface area contributed by atoms with Crippen LogP contribution in [-0.4, -0.2) is 10.9 Å². The zero-order valence-corrected chi connectivity index (χ0v) is 18.4. The molecule has 30 heavy (non-hydrogen) atoms. The van der Waals surface area contributed by atoms with Crippen molar-refractivity contribution in [2.24, 2.45) is 16.7 Å². The zero-order valence-electron chi connectivity index (χ0n) is 17.7. The van der Waals surface area contributed by atoms with Crippen molar-refractivity contribution in [3.05, 3.63) is 64.1 Å². The molecule has 2 aliphatic rings. The molecular formula is C25H26ClFO3. The van der Waals surface area contributed by atoms with Crippen LogP contribution in [0.4, 0.5) is 4.39 Å². The van der Waals surface area contributed by atoms with Gasteiger partial charge in [0.15, 0.2) is 5.78 Å². The van der Waals surface area contributed by atoms with Crippen LogP contribution < -0.4 is 4.74 Å². The number of carbonyl (C=O) groups is 1. The Hall–Kier alpha value is -2.33. The normalized spacial score (nSPS) is 25.0. The molecular weight excluding hydrogens is 403 g/mol. The largest absolute Gasteiger partial charge is 0.511 e. The average Bonchev–Trinajstić information content (AvgIpc) is 2.88. The molecule has 0 saturated heterocycles. The number of carbonyl (C=O) groups excluding carboxylic acids is 1. The molecule has 2 aromatic rings. The molecule has 0 heterocycles. The number of aryl methyl sites for hydroxylation is 1. The summed E-state index contributed by atoms with van der Waals surface area (Å²) in [7, 11) is 0. The Morgan fingerprint density at radius 1 is 1.17 bits per heavy atom. The number of hydrogen-bond donors (Lipinski definition) is 1. The quantitative estimate of drug-likeness (QED) is 0.563. The van der Waals surface area contributed by atoms with Gasteiger partial charge in [-0.1, -0.05) is 45.4 Å². The fraction of sp³-hybridized carbons (Fsp3) is 0.400. The van der Waals surface area contributed by atoms with Crippen LogP contribution in [0.3, 0.4) is 0 Å². The van der Waals surface area contributed by atoms with Crippen molar-refractivity contribution < 1.29 is 19.0 Å².